The summed E-state index contributed by atoms with van der Waals surface area (Å²) in [5, 5.41) is 20.9. The van der Waals surface area contributed by atoms with E-state index >= 15 is 0 Å². The number of benzene rings is 1. The summed E-state index contributed by atoms with van der Waals surface area (Å²) >= 11 is 0. The molecule has 14 heavy (non-hydrogen) atoms. The van der Waals surface area contributed by atoms with E-state index in [9.17, 15) is 20.2 Å². The van der Waals surface area contributed by atoms with Gasteiger partial charge in [-0.2, -0.15) is 0 Å². The van der Waals surface area contributed by atoms with Crippen LogP contribution in [0.25, 0.3) is 6.08 Å². The van der Waals surface area contributed by atoms with Crippen LogP contribution >= 0.6 is 0 Å². The molecule has 0 spiro atoms. The van der Waals surface area contributed by atoms with Gasteiger partial charge in [0.25, 0.3) is 11.4 Å². The van der Waals surface area contributed by atoms with Crippen LogP contribution in [0.5, 0.6) is 0 Å². The van der Waals surface area contributed by atoms with Crippen LogP contribution in [0.3, 0.4) is 0 Å². The van der Waals surface area contributed by atoms with Gasteiger partial charge in [0.2, 0.25) is 0 Å². The summed E-state index contributed by atoms with van der Waals surface area (Å²) in [5.41, 5.74) is -0.925. The van der Waals surface area contributed by atoms with E-state index in [1.54, 1.807) is 0 Å². The van der Waals surface area contributed by atoms with Crippen LogP contribution in [0, 0.1) is 26.8 Å². The number of rotatable bonds is 3. The molecule has 0 N–H and O–H groups in total. The first-order chi connectivity index (χ1) is 6.57. The van der Waals surface area contributed by atoms with E-state index in [0.717, 1.165) is 18.2 Å². The summed E-state index contributed by atoms with van der Waals surface area (Å²) in [6, 6.07) is 3.56. The lowest BCUT2D eigenvalue weighted by Crippen LogP contribution is -1.96. The van der Waals surface area contributed by atoms with Crippen molar-refractivity contribution in [2.75, 3.05) is 0 Å². The van der Waals surface area contributed by atoms with Crippen LogP contribution in [0.15, 0.2) is 18.2 Å². The average Bonchev–Trinajstić information content (AvgIpc) is 2.16. The van der Waals surface area contributed by atoms with Crippen molar-refractivity contribution in [1.29, 1.82) is 0 Å². The minimum absolute atomic E-state index is 0.178. The van der Waals surface area contributed by atoms with Gasteiger partial charge in [-0.3, -0.25) is 20.2 Å². The normalized spacial score (nSPS) is 9.43. The number of nitro benzene ring substituents is 2. The average molecular weight is 193 g/mol. The fourth-order valence-electron chi connectivity index (χ4n) is 1.03. The zero-order valence-corrected chi connectivity index (χ0v) is 6.91. The molecule has 1 aromatic carbocycles. The molecule has 0 unspecified atom stereocenters. The number of hydrogen-bond donors (Lipinski definition) is 0. The summed E-state index contributed by atoms with van der Waals surface area (Å²) in [6.07, 6.45) is 0.857. The smallest absolute Gasteiger partial charge is 0.258 e. The third-order valence-electron chi connectivity index (χ3n) is 1.62. The second kappa shape index (κ2) is 3.65. The highest BCUT2D eigenvalue weighted by atomic mass is 16.6. The van der Waals surface area contributed by atoms with Crippen LogP contribution in [-0.2, 0) is 0 Å². The first-order valence-corrected chi connectivity index (χ1v) is 3.54. The lowest BCUT2D eigenvalue weighted by atomic mass is 10.1. The summed E-state index contributed by atoms with van der Waals surface area (Å²) in [4.78, 5) is 19.5. The molecule has 0 bridgehead atoms. The van der Waals surface area contributed by atoms with Crippen LogP contribution in [0.2, 0.25) is 0 Å². The third kappa shape index (κ3) is 1.58. The Morgan fingerprint density at radius 1 is 1.14 bits per heavy atom. The molecule has 0 fully saturated rings. The lowest BCUT2D eigenvalue weighted by Gasteiger charge is -1.97. The molecular weight excluding hydrogens is 188 g/mol. The van der Waals surface area contributed by atoms with Crippen molar-refractivity contribution in [2.45, 2.75) is 0 Å². The Morgan fingerprint density at radius 3 is 1.86 bits per heavy atom. The maximum Gasteiger partial charge on any atom is 0.283 e. The fourth-order valence-corrected chi connectivity index (χ4v) is 1.03. The molecule has 1 aromatic rings. The van der Waals surface area contributed by atoms with Gasteiger partial charge in [0.05, 0.1) is 9.85 Å². The van der Waals surface area contributed by atoms with Gasteiger partial charge in [0.1, 0.15) is 5.56 Å². The van der Waals surface area contributed by atoms with Crippen molar-refractivity contribution in [3.05, 3.63) is 50.6 Å². The van der Waals surface area contributed by atoms with Gasteiger partial charge in [0, 0.05) is 12.1 Å². The van der Waals surface area contributed by atoms with Crippen LogP contribution < -0.4 is 0 Å². The van der Waals surface area contributed by atoms with Crippen molar-refractivity contribution < 1.29 is 9.85 Å². The molecule has 0 aliphatic rings. The zero-order valence-electron chi connectivity index (χ0n) is 6.91. The Balaban J connectivity index is 3.47. The Morgan fingerprint density at radius 2 is 1.57 bits per heavy atom. The Kier molecular flexibility index (Phi) is 2.57. The van der Waals surface area contributed by atoms with Gasteiger partial charge in [-0.1, -0.05) is 6.58 Å². The van der Waals surface area contributed by atoms with Gasteiger partial charge in [-0.05, 0) is 12.1 Å². The van der Waals surface area contributed by atoms with Gasteiger partial charge < -0.3 is 0 Å². The quantitative estimate of drug-likeness (QED) is 0.542. The molecule has 6 heteroatoms. The van der Waals surface area contributed by atoms with E-state index in [2.05, 4.69) is 0 Å². The van der Waals surface area contributed by atoms with Crippen molar-refractivity contribution >= 4 is 17.5 Å². The van der Waals surface area contributed by atoms with E-state index in [1.807, 2.05) is 0 Å². The van der Waals surface area contributed by atoms with E-state index in [1.165, 1.54) is 6.07 Å². The minimum atomic E-state index is -0.717. The largest absolute Gasteiger partial charge is 0.283 e. The molecule has 1 rings (SSSR count). The van der Waals surface area contributed by atoms with Crippen molar-refractivity contribution in [2.24, 2.45) is 0 Å². The molecule has 0 heterocycles. The van der Waals surface area contributed by atoms with Crippen molar-refractivity contribution in [3.8, 4) is 0 Å². The highest BCUT2D eigenvalue weighted by molar-refractivity contribution is 5.68. The van der Waals surface area contributed by atoms with Crippen LogP contribution in [0.4, 0.5) is 11.4 Å². The topological polar surface area (TPSA) is 86.3 Å². The summed E-state index contributed by atoms with van der Waals surface area (Å²) < 4.78 is 0. The second-order valence-electron chi connectivity index (χ2n) is 2.39. The van der Waals surface area contributed by atoms with Crippen LogP contribution in [0.1, 0.15) is 5.56 Å². The Hall–Kier alpha value is -2.24. The summed E-state index contributed by atoms with van der Waals surface area (Å²) in [7, 11) is 0. The Bertz CT molecular complexity index is 382. The lowest BCUT2D eigenvalue weighted by molar-refractivity contribution is -0.394. The number of nitro groups is 2. The summed E-state index contributed by atoms with van der Waals surface area (Å²) in [5.74, 6) is 0. The SMILES string of the molecule is [CH]=Cc1c([N+](=O)[O-])cccc1[N+](=O)[O-]. The van der Waals surface area contributed by atoms with Crippen LogP contribution in [-0.4, -0.2) is 9.85 Å². The molecule has 6 nitrogen and oxygen atoms in total. The van der Waals surface area contributed by atoms with E-state index in [0.29, 0.717) is 0 Å². The maximum absolute atomic E-state index is 10.5. The number of nitrogens with zero attached hydrogens (tertiary/aromatic N) is 2. The molecular formula is C8H5N2O4. The molecule has 71 valence electrons. The van der Waals surface area contributed by atoms with Gasteiger partial charge in [-0.25, -0.2) is 0 Å². The minimum Gasteiger partial charge on any atom is -0.258 e. The molecule has 0 saturated heterocycles. The van der Waals surface area contributed by atoms with E-state index < -0.39 is 9.85 Å². The summed E-state index contributed by atoms with van der Waals surface area (Å²) in [6.45, 7) is 5.09. The predicted octanol–water partition coefficient (Wildman–Crippen LogP) is 1.95. The van der Waals surface area contributed by atoms with E-state index in [4.69, 9.17) is 6.58 Å². The van der Waals surface area contributed by atoms with Gasteiger partial charge in [-0.15, -0.1) is 0 Å². The zero-order chi connectivity index (χ0) is 10.7. The number of hydrogen-bond acceptors (Lipinski definition) is 4. The highest BCUT2D eigenvalue weighted by Crippen LogP contribution is 2.28. The first-order valence-electron chi connectivity index (χ1n) is 3.54. The molecule has 1 radical (unpaired) electrons. The first kappa shape index (κ1) is 9.85. The molecule has 0 saturated carbocycles. The molecule has 0 aliphatic heterocycles. The predicted molar refractivity (Wildman–Crippen MR) is 48.5 cm³/mol. The third-order valence-corrected chi connectivity index (χ3v) is 1.62. The molecule has 0 amide bonds. The molecule has 0 atom stereocenters. The molecule has 0 aliphatic carbocycles. The highest BCUT2D eigenvalue weighted by Gasteiger charge is 2.21. The van der Waals surface area contributed by atoms with Gasteiger partial charge >= 0.3 is 0 Å². The Labute approximate surface area is 78.8 Å². The standard InChI is InChI=1S/C8H5N2O4/c1-2-6-7(9(11)12)4-3-5-8(6)10(13)14/h1-5H. The molecule has 0 aromatic heterocycles. The van der Waals surface area contributed by atoms with E-state index in [-0.39, 0.29) is 16.9 Å². The van der Waals surface area contributed by atoms with Gasteiger partial charge in [0.15, 0.2) is 0 Å². The van der Waals surface area contributed by atoms with Crippen molar-refractivity contribution in [1.82, 2.24) is 0 Å². The second-order valence-corrected chi connectivity index (χ2v) is 2.39. The van der Waals surface area contributed by atoms with Crippen molar-refractivity contribution in [3.63, 3.8) is 0 Å². The maximum atomic E-state index is 10.5. The fraction of sp³-hybridized carbons (Fsp3) is 0. The monoisotopic (exact) mass is 193 g/mol.